The molecule has 104 valence electrons. The first-order chi connectivity index (χ1) is 9.88. The Balaban J connectivity index is 1.78. The highest BCUT2D eigenvalue weighted by molar-refractivity contribution is 5.33. The van der Waals surface area contributed by atoms with Crippen LogP contribution in [0.1, 0.15) is 36.1 Å². The molecular weight excluding hydrogens is 246 g/mol. The first-order valence-electron chi connectivity index (χ1n) is 7.70. The third-order valence-corrected chi connectivity index (χ3v) is 5.10. The summed E-state index contributed by atoms with van der Waals surface area (Å²) in [5.74, 6) is 0. The van der Waals surface area contributed by atoms with E-state index in [9.17, 15) is 0 Å². The summed E-state index contributed by atoms with van der Waals surface area (Å²) in [6.07, 6.45) is 8.12. The van der Waals surface area contributed by atoms with Gasteiger partial charge in [0.15, 0.2) is 0 Å². The van der Waals surface area contributed by atoms with E-state index in [0.29, 0.717) is 0 Å². The van der Waals surface area contributed by atoms with Gasteiger partial charge in [-0.15, -0.1) is 0 Å². The molecule has 0 bridgehead atoms. The standard InChI is InChI=1S/C17H21N3/c1-2-6-15(7-3-1)17(20-10-4-5-11-20)9-8-16-14(12-17)13-18-19-16/h1-3,6-7,13H,4-5,8-12H2,(H,18,19)/t17-/m1/s1. The van der Waals surface area contributed by atoms with E-state index in [1.807, 2.05) is 6.20 Å². The van der Waals surface area contributed by atoms with Crippen molar-refractivity contribution in [3.8, 4) is 0 Å². The fraction of sp³-hybridized carbons (Fsp3) is 0.471. The Morgan fingerprint density at radius 2 is 1.90 bits per heavy atom. The number of nitrogens with one attached hydrogen (secondary N) is 1. The maximum absolute atomic E-state index is 4.25. The van der Waals surface area contributed by atoms with E-state index in [1.165, 1.54) is 49.2 Å². The molecule has 1 atom stereocenters. The van der Waals surface area contributed by atoms with Gasteiger partial charge in [0.05, 0.1) is 11.7 Å². The van der Waals surface area contributed by atoms with Gasteiger partial charge in [-0.3, -0.25) is 10.00 Å². The molecule has 1 aliphatic heterocycles. The lowest BCUT2D eigenvalue weighted by atomic mass is 9.74. The molecule has 0 spiro atoms. The predicted octanol–water partition coefficient (Wildman–Crippen LogP) is 2.89. The number of likely N-dealkylation sites (tertiary alicyclic amines) is 1. The quantitative estimate of drug-likeness (QED) is 0.907. The van der Waals surface area contributed by atoms with Gasteiger partial charge in [0.1, 0.15) is 0 Å². The van der Waals surface area contributed by atoms with Crippen LogP contribution in [0.25, 0.3) is 0 Å². The Hall–Kier alpha value is -1.61. The second kappa shape index (κ2) is 4.74. The Bertz CT molecular complexity index is 583. The van der Waals surface area contributed by atoms with E-state index < -0.39 is 0 Å². The fourth-order valence-electron chi connectivity index (χ4n) is 4.03. The monoisotopic (exact) mass is 267 g/mol. The number of nitrogens with zero attached hydrogens (tertiary/aromatic N) is 2. The highest BCUT2D eigenvalue weighted by Crippen LogP contribution is 2.42. The molecule has 3 nitrogen and oxygen atoms in total. The number of benzene rings is 1. The normalized spacial score (nSPS) is 26.6. The fourth-order valence-corrected chi connectivity index (χ4v) is 4.03. The number of aromatic amines is 1. The second-order valence-electron chi connectivity index (χ2n) is 6.14. The lowest BCUT2D eigenvalue weighted by Gasteiger charge is -2.45. The number of fused-ring (bicyclic) bond motifs is 1. The molecule has 20 heavy (non-hydrogen) atoms. The Morgan fingerprint density at radius 3 is 2.70 bits per heavy atom. The summed E-state index contributed by atoms with van der Waals surface area (Å²) in [7, 11) is 0. The number of aryl methyl sites for hydroxylation is 1. The van der Waals surface area contributed by atoms with Crippen molar-refractivity contribution >= 4 is 0 Å². The van der Waals surface area contributed by atoms with Crippen molar-refractivity contribution in [2.45, 2.75) is 37.6 Å². The van der Waals surface area contributed by atoms with Crippen molar-refractivity contribution in [1.29, 1.82) is 0 Å². The van der Waals surface area contributed by atoms with Gasteiger partial charge in [0, 0.05) is 5.69 Å². The zero-order valence-corrected chi connectivity index (χ0v) is 11.8. The zero-order chi connectivity index (χ0) is 13.4. The van der Waals surface area contributed by atoms with Gasteiger partial charge in [-0.05, 0) is 56.3 Å². The van der Waals surface area contributed by atoms with Crippen molar-refractivity contribution in [1.82, 2.24) is 15.1 Å². The summed E-state index contributed by atoms with van der Waals surface area (Å²) in [5.41, 5.74) is 4.42. The summed E-state index contributed by atoms with van der Waals surface area (Å²) in [6, 6.07) is 11.1. The summed E-state index contributed by atoms with van der Waals surface area (Å²) < 4.78 is 0. The minimum absolute atomic E-state index is 0.189. The van der Waals surface area contributed by atoms with Crippen LogP contribution in [0, 0.1) is 0 Å². The van der Waals surface area contributed by atoms with Crippen LogP contribution in [0.4, 0.5) is 0 Å². The van der Waals surface area contributed by atoms with E-state index in [4.69, 9.17) is 0 Å². The maximum atomic E-state index is 4.25. The average molecular weight is 267 g/mol. The summed E-state index contributed by atoms with van der Waals surface area (Å²) in [4.78, 5) is 2.72. The third-order valence-electron chi connectivity index (χ3n) is 5.10. The number of hydrogen-bond donors (Lipinski definition) is 1. The van der Waals surface area contributed by atoms with Gasteiger partial charge in [-0.2, -0.15) is 5.10 Å². The lowest BCUT2D eigenvalue weighted by Crippen LogP contribution is -2.48. The topological polar surface area (TPSA) is 31.9 Å². The van der Waals surface area contributed by atoms with Crippen LogP contribution in [-0.4, -0.2) is 28.2 Å². The number of aromatic nitrogens is 2. The van der Waals surface area contributed by atoms with Crippen LogP contribution in [0.3, 0.4) is 0 Å². The highest BCUT2D eigenvalue weighted by atomic mass is 15.2. The van der Waals surface area contributed by atoms with E-state index in [-0.39, 0.29) is 5.54 Å². The van der Waals surface area contributed by atoms with Crippen molar-refractivity contribution in [3.05, 3.63) is 53.3 Å². The van der Waals surface area contributed by atoms with E-state index in [0.717, 1.165) is 12.8 Å². The van der Waals surface area contributed by atoms with E-state index in [2.05, 4.69) is 45.4 Å². The second-order valence-corrected chi connectivity index (χ2v) is 6.14. The molecule has 4 rings (SSSR count). The van der Waals surface area contributed by atoms with Gasteiger partial charge < -0.3 is 0 Å². The molecule has 0 radical (unpaired) electrons. The van der Waals surface area contributed by atoms with Crippen molar-refractivity contribution < 1.29 is 0 Å². The first-order valence-corrected chi connectivity index (χ1v) is 7.70. The number of H-pyrrole nitrogens is 1. The highest BCUT2D eigenvalue weighted by Gasteiger charge is 2.42. The van der Waals surface area contributed by atoms with Crippen LogP contribution < -0.4 is 0 Å². The number of hydrogen-bond acceptors (Lipinski definition) is 2. The third kappa shape index (κ3) is 1.80. The van der Waals surface area contributed by atoms with Crippen molar-refractivity contribution in [3.63, 3.8) is 0 Å². The van der Waals surface area contributed by atoms with Crippen molar-refractivity contribution in [2.75, 3.05) is 13.1 Å². The molecule has 1 fully saturated rings. The maximum Gasteiger partial charge on any atom is 0.0522 e. The molecule has 2 aliphatic rings. The molecule has 1 aliphatic carbocycles. The molecule has 2 aromatic rings. The van der Waals surface area contributed by atoms with Gasteiger partial charge in [0.25, 0.3) is 0 Å². The molecule has 0 saturated carbocycles. The van der Waals surface area contributed by atoms with Gasteiger partial charge in [-0.25, -0.2) is 0 Å². The molecule has 1 aromatic carbocycles. The molecular formula is C17H21N3. The van der Waals surface area contributed by atoms with Crippen molar-refractivity contribution in [2.24, 2.45) is 0 Å². The Morgan fingerprint density at radius 1 is 1.10 bits per heavy atom. The Labute approximate surface area is 120 Å². The zero-order valence-electron chi connectivity index (χ0n) is 11.8. The summed E-state index contributed by atoms with van der Waals surface area (Å²) in [5, 5.41) is 7.42. The average Bonchev–Trinajstić information content (AvgIpc) is 3.18. The van der Waals surface area contributed by atoms with Gasteiger partial charge in [-0.1, -0.05) is 30.3 Å². The molecule has 1 N–H and O–H groups in total. The molecule has 0 amide bonds. The van der Waals surface area contributed by atoms with Crippen LogP contribution in [0.15, 0.2) is 36.5 Å². The van der Waals surface area contributed by atoms with E-state index in [1.54, 1.807) is 0 Å². The molecule has 1 saturated heterocycles. The van der Waals surface area contributed by atoms with Crippen LogP contribution in [0.5, 0.6) is 0 Å². The Kier molecular flexibility index (Phi) is 2.88. The minimum atomic E-state index is 0.189. The molecule has 1 aromatic heterocycles. The molecule has 0 unspecified atom stereocenters. The summed E-state index contributed by atoms with van der Waals surface area (Å²) >= 11 is 0. The van der Waals surface area contributed by atoms with Gasteiger partial charge >= 0.3 is 0 Å². The predicted molar refractivity (Wildman–Crippen MR) is 79.5 cm³/mol. The molecule has 2 heterocycles. The summed E-state index contributed by atoms with van der Waals surface area (Å²) in [6.45, 7) is 2.48. The lowest BCUT2D eigenvalue weighted by molar-refractivity contribution is 0.0967. The van der Waals surface area contributed by atoms with E-state index >= 15 is 0 Å². The largest absolute Gasteiger partial charge is 0.293 e. The first kappa shape index (κ1) is 12.2. The van der Waals surface area contributed by atoms with Crippen LogP contribution in [-0.2, 0) is 18.4 Å². The number of rotatable bonds is 2. The molecule has 3 heteroatoms. The smallest absolute Gasteiger partial charge is 0.0522 e. The van der Waals surface area contributed by atoms with Crippen LogP contribution in [0.2, 0.25) is 0 Å². The minimum Gasteiger partial charge on any atom is -0.293 e. The van der Waals surface area contributed by atoms with Crippen LogP contribution >= 0.6 is 0 Å². The van der Waals surface area contributed by atoms with Gasteiger partial charge in [0.2, 0.25) is 0 Å². The SMILES string of the molecule is c1ccc([C@@]2(N3CCCC3)CCc3[nH]ncc3C2)cc1.